The summed E-state index contributed by atoms with van der Waals surface area (Å²) in [6.45, 7) is 3.60. The second-order valence-corrected chi connectivity index (χ2v) is 7.01. The average Bonchev–Trinajstić information content (AvgIpc) is 3.24. The molecule has 0 bridgehead atoms. The predicted molar refractivity (Wildman–Crippen MR) is 90.1 cm³/mol. The van der Waals surface area contributed by atoms with Gasteiger partial charge in [-0.1, -0.05) is 11.6 Å². The van der Waals surface area contributed by atoms with Crippen molar-refractivity contribution in [2.75, 3.05) is 14.2 Å². The number of carbonyl (C=O) groups is 1. The Labute approximate surface area is 154 Å². The van der Waals surface area contributed by atoms with Crippen molar-refractivity contribution in [3.05, 3.63) is 23.7 Å². The molecule has 4 heterocycles. The number of ether oxygens (including phenoxy) is 3. The molecule has 4 rings (SSSR count). The molecule has 10 heteroatoms. The van der Waals surface area contributed by atoms with E-state index in [0.29, 0.717) is 16.2 Å². The zero-order chi connectivity index (χ0) is 18.6. The fraction of sp³-hybridized carbons (Fsp3) is 0.562. The van der Waals surface area contributed by atoms with Crippen LogP contribution in [-0.4, -0.2) is 63.8 Å². The van der Waals surface area contributed by atoms with Crippen molar-refractivity contribution < 1.29 is 23.8 Å². The Hall–Kier alpha value is -1.78. The molecule has 0 aliphatic carbocycles. The summed E-state index contributed by atoms with van der Waals surface area (Å²) in [5.41, 5.74) is 0.593. The van der Waals surface area contributed by atoms with E-state index >= 15 is 0 Å². The smallest absolute Gasteiger partial charge is 0.277 e. The number of likely N-dealkylation sites (N-methyl/N-ethyl adjacent to an activating group) is 1. The van der Waals surface area contributed by atoms with Gasteiger partial charge in [0.25, 0.3) is 5.91 Å². The van der Waals surface area contributed by atoms with E-state index in [1.807, 2.05) is 0 Å². The monoisotopic (exact) mass is 382 g/mol. The van der Waals surface area contributed by atoms with E-state index in [2.05, 4.69) is 9.97 Å². The zero-order valence-corrected chi connectivity index (χ0v) is 15.5. The molecule has 2 aliphatic heterocycles. The highest BCUT2D eigenvalue weighted by atomic mass is 35.5. The van der Waals surface area contributed by atoms with Crippen molar-refractivity contribution in [1.29, 1.82) is 0 Å². The first-order valence-electron chi connectivity index (χ1n) is 8.12. The fourth-order valence-corrected chi connectivity index (χ4v) is 3.61. The maximum atomic E-state index is 12.6. The summed E-state index contributed by atoms with van der Waals surface area (Å²) in [4.78, 5) is 25.9. The van der Waals surface area contributed by atoms with Crippen molar-refractivity contribution in [3.8, 4) is 0 Å². The lowest BCUT2D eigenvalue weighted by molar-refractivity contribution is -0.211. The van der Waals surface area contributed by atoms with Crippen LogP contribution >= 0.6 is 11.6 Å². The van der Waals surface area contributed by atoms with Crippen LogP contribution in [0.15, 0.2) is 18.6 Å². The molecule has 140 valence electrons. The molecule has 4 atom stereocenters. The molecule has 0 unspecified atom stereocenters. The molecule has 2 aliphatic rings. The number of carbonyl (C=O) groups excluding carboxylic acids is 1. The maximum Gasteiger partial charge on any atom is 0.277 e. The van der Waals surface area contributed by atoms with Crippen molar-refractivity contribution in [2.45, 2.75) is 44.2 Å². The highest BCUT2D eigenvalue weighted by Gasteiger charge is 2.58. The second-order valence-electron chi connectivity index (χ2n) is 6.66. The number of aromatic nitrogens is 3. The number of hydrogen-bond donors (Lipinski definition) is 0. The SMILES string of the molecule is CON(C)C(=O)[C@@H]1O[C@@H](n2ccc3c(Cl)ncnc32)[C@@H]2OC(C)(C)O[C@@H]21. The van der Waals surface area contributed by atoms with Gasteiger partial charge < -0.3 is 18.8 Å². The lowest BCUT2D eigenvalue weighted by Crippen LogP contribution is -2.43. The van der Waals surface area contributed by atoms with E-state index in [4.69, 9.17) is 30.6 Å². The molecule has 9 nitrogen and oxygen atoms in total. The van der Waals surface area contributed by atoms with Crippen LogP contribution in [0.1, 0.15) is 20.1 Å². The minimum Gasteiger partial charge on any atom is -0.341 e. The Morgan fingerprint density at radius 1 is 1.35 bits per heavy atom. The van der Waals surface area contributed by atoms with Crippen LogP contribution in [0, 0.1) is 0 Å². The summed E-state index contributed by atoms with van der Waals surface area (Å²) in [7, 11) is 2.93. The van der Waals surface area contributed by atoms with E-state index in [9.17, 15) is 4.79 Å². The molecule has 1 amide bonds. The molecule has 2 aromatic rings. The van der Waals surface area contributed by atoms with E-state index < -0.39 is 30.3 Å². The molecule has 2 saturated heterocycles. The number of hydroxylamine groups is 2. The van der Waals surface area contributed by atoms with Crippen LogP contribution in [0.5, 0.6) is 0 Å². The molecule has 0 aromatic carbocycles. The molecule has 2 fully saturated rings. The van der Waals surface area contributed by atoms with Crippen LogP contribution < -0.4 is 0 Å². The van der Waals surface area contributed by atoms with Gasteiger partial charge in [0, 0.05) is 13.2 Å². The first-order valence-corrected chi connectivity index (χ1v) is 8.50. The molecule has 0 radical (unpaired) electrons. The van der Waals surface area contributed by atoms with Crippen LogP contribution in [0.3, 0.4) is 0 Å². The highest BCUT2D eigenvalue weighted by Crippen LogP contribution is 2.44. The third kappa shape index (κ3) is 2.67. The number of rotatable bonds is 3. The summed E-state index contributed by atoms with van der Waals surface area (Å²) in [6, 6.07) is 1.80. The van der Waals surface area contributed by atoms with E-state index in [-0.39, 0.29) is 5.91 Å². The van der Waals surface area contributed by atoms with Crippen molar-refractivity contribution in [2.24, 2.45) is 0 Å². The number of hydrogen-bond acceptors (Lipinski definition) is 7. The van der Waals surface area contributed by atoms with Crippen LogP contribution in [0.4, 0.5) is 0 Å². The van der Waals surface area contributed by atoms with Gasteiger partial charge in [-0.15, -0.1) is 0 Å². The molecule has 26 heavy (non-hydrogen) atoms. The van der Waals surface area contributed by atoms with E-state index in [1.165, 1.54) is 20.5 Å². The van der Waals surface area contributed by atoms with E-state index in [1.54, 1.807) is 30.7 Å². The molecule has 2 aromatic heterocycles. The third-order valence-corrected chi connectivity index (χ3v) is 4.89. The minimum atomic E-state index is -0.869. The lowest BCUT2D eigenvalue weighted by atomic mass is 10.1. The van der Waals surface area contributed by atoms with Gasteiger partial charge in [0.05, 0.1) is 12.5 Å². The Bertz CT molecular complexity index is 856. The van der Waals surface area contributed by atoms with Crippen LogP contribution in [-0.2, 0) is 23.8 Å². The van der Waals surface area contributed by atoms with E-state index in [0.717, 1.165) is 5.06 Å². The van der Waals surface area contributed by atoms with Gasteiger partial charge >= 0.3 is 0 Å². The second kappa shape index (κ2) is 6.14. The van der Waals surface area contributed by atoms with Gasteiger partial charge in [0.15, 0.2) is 18.1 Å². The summed E-state index contributed by atoms with van der Waals surface area (Å²) >= 11 is 6.13. The van der Waals surface area contributed by atoms with Gasteiger partial charge in [-0.25, -0.2) is 15.0 Å². The third-order valence-electron chi connectivity index (χ3n) is 4.59. The van der Waals surface area contributed by atoms with Crippen LogP contribution in [0.25, 0.3) is 11.0 Å². The predicted octanol–water partition coefficient (Wildman–Crippen LogP) is 1.52. The van der Waals surface area contributed by atoms with Gasteiger partial charge in [0.1, 0.15) is 29.3 Å². The Balaban J connectivity index is 1.74. The molecule has 0 spiro atoms. The summed E-state index contributed by atoms with van der Waals surface area (Å²) in [5.74, 6) is -1.19. The lowest BCUT2D eigenvalue weighted by Gasteiger charge is -2.26. The highest BCUT2D eigenvalue weighted by molar-refractivity contribution is 6.33. The number of amides is 1. The Morgan fingerprint density at radius 3 is 2.81 bits per heavy atom. The average molecular weight is 383 g/mol. The van der Waals surface area contributed by atoms with Crippen molar-refractivity contribution in [1.82, 2.24) is 19.6 Å². The van der Waals surface area contributed by atoms with Crippen molar-refractivity contribution in [3.63, 3.8) is 0 Å². The maximum absolute atomic E-state index is 12.6. The molecular weight excluding hydrogens is 364 g/mol. The zero-order valence-electron chi connectivity index (χ0n) is 14.7. The van der Waals surface area contributed by atoms with Crippen LogP contribution in [0.2, 0.25) is 5.15 Å². The first kappa shape index (κ1) is 17.6. The molecular formula is C16H19ClN4O5. The first-order chi connectivity index (χ1) is 12.3. The molecule has 0 N–H and O–H groups in total. The molecule has 0 saturated carbocycles. The standard InChI is InChI=1S/C16H19ClN4O5/c1-16(2)25-9-10(14(22)20(3)23-4)24-15(11(9)26-16)21-6-5-8-12(17)18-7-19-13(8)21/h5-7,9-11,15H,1-4H3/t9-,10-,11-,15-/m1/s1. The Morgan fingerprint density at radius 2 is 2.08 bits per heavy atom. The quantitative estimate of drug-likeness (QED) is 0.587. The number of fused-ring (bicyclic) bond motifs is 2. The van der Waals surface area contributed by atoms with Gasteiger partial charge in [-0.2, -0.15) is 0 Å². The topological polar surface area (TPSA) is 87.9 Å². The summed E-state index contributed by atoms with van der Waals surface area (Å²) < 4.78 is 19.8. The minimum absolute atomic E-state index is 0.346. The van der Waals surface area contributed by atoms with Gasteiger partial charge in [-0.05, 0) is 19.9 Å². The summed E-state index contributed by atoms with van der Waals surface area (Å²) in [5, 5.41) is 2.15. The number of halogens is 1. The van der Waals surface area contributed by atoms with Gasteiger partial charge in [0.2, 0.25) is 0 Å². The number of nitrogens with zero attached hydrogens (tertiary/aromatic N) is 4. The summed E-state index contributed by atoms with van der Waals surface area (Å²) in [6.07, 6.45) is 0.624. The normalized spacial score (nSPS) is 29.9. The fourth-order valence-electron chi connectivity index (χ4n) is 3.41. The van der Waals surface area contributed by atoms with Crippen molar-refractivity contribution >= 4 is 28.5 Å². The van der Waals surface area contributed by atoms with Gasteiger partial charge in [-0.3, -0.25) is 9.63 Å². The largest absolute Gasteiger partial charge is 0.341 e. The Kier molecular flexibility index (Phi) is 4.16.